The van der Waals surface area contributed by atoms with Crippen molar-refractivity contribution in [2.24, 2.45) is 10.8 Å². The van der Waals surface area contributed by atoms with E-state index in [1.54, 1.807) is 0 Å². The number of aryl methyl sites for hydroxylation is 1. The Morgan fingerprint density at radius 2 is 1.79 bits per heavy atom. The van der Waals surface area contributed by atoms with Gasteiger partial charge in [0.1, 0.15) is 0 Å². The Morgan fingerprint density at radius 3 is 2.31 bits per heavy atom. The minimum atomic E-state index is 0.254. The van der Waals surface area contributed by atoms with Crippen LogP contribution in [-0.4, -0.2) is 0 Å². The topological polar surface area (TPSA) is 0 Å². The molecule has 0 saturated heterocycles. The van der Waals surface area contributed by atoms with Crippen LogP contribution in [0.15, 0.2) is 73.4 Å². The average Bonchev–Trinajstić information content (AvgIpc) is 2.68. The van der Waals surface area contributed by atoms with Crippen LogP contribution in [0.3, 0.4) is 0 Å². The Balaban J connectivity index is 0.000000841. The van der Waals surface area contributed by atoms with Gasteiger partial charge in [-0.25, -0.2) is 0 Å². The second-order valence-electron chi connectivity index (χ2n) is 8.91. The molecule has 0 aliphatic heterocycles. The maximum absolute atomic E-state index is 3.81. The number of hydrogen-bond donors (Lipinski definition) is 0. The van der Waals surface area contributed by atoms with Crippen LogP contribution < -0.4 is 0 Å². The summed E-state index contributed by atoms with van der Waals surface area (Å²) in [6, 6.07) is 6.80. The minimum absolute atomic E-state index is 0.254. The van der Waals surface area contributed by atoms with Gasteiger partial charge < -0.3 is 0 Å². The highest BCUT2D eigenvalue weighted by molar-refractivity contribution is 5.58. The zero-order valence-corrected chi connectivity index (χ0v) is 20.3. The summed E-state index contributed by atoms with van der Waals surface area (Å²) in [4.78, 5) is 0. The van der Waals surface area contributed by atoms with Gasteiger partial charge in [0.25, 0.3) is 0 Å². The van der Waals surface area contributed by atoms with Crippen LogP contribution >= 0.6 is 0 Å². The van der Waals surface area contributed by atoms with E-state index in [4.69, 9.17) is 0 Å². The summed E-state index contributed by atoms with van der Waals surface area (Å²) in [5.41, 5.74) is 6.13. The highest BCUT2D eigenvalue weighted by Gasteiger charge is 2.25. The summed E-state index contributed by atoms with van der Waals surface area (Å²) in [5, 5.41) is 0. The van der Waals surface area contributed by atoms with Crippen LogP contribution in [-0.2, 0) is 6.42 Å². The van der Waals surface area contributed by atoms with Crippen molar-refractivity contribution in [1.29, 1.82) is 0 Å². The lowest BCUT2D eigenvalue weighted by atomic mass is 9.74. The molecular weight excluding hydrogens is 348 g/mol. The first kappa shape index (κ1) is 26.9. The van der Waals surface area contributed by atoms with E-state index in [1.807, 2.05) is 26.0 Å². The van der Waals surface area contributed by atoms with Gasteiger partial charge in [-0.3, -0.25) is 0 Å². The summed E-state index contributed by atoms with van der Waals surface area (Å²) in [7, 11) is 0. The van der Waals surface area contributed by atoms with Gasteiger partial charge in [-0.05, 0) is 60.6 Å². The van der Waals surface area contributed by atoms with Crippen molar-refractivity contribution >= 4 is 6.08 Å². The highest BCUT2D eigenvalue weighted by atomic mass is 14.3. The zero-order chi connectivity index (χ0) is 22.5. The van der Waals surface area contributed by atoms with Gasteiger partial charge in [0.2, 0.25) is 0 Å². The quantitative estimate of drug-likeness (QED) is 0.346. The molecule has 1 unspecified atom stereocenters. The fourth-order valence-corrected chi connectivity index (χ4v) is 3.00. The summed E-state index contributed by atoms with van der Waals surface area (Å²) in [6.45, 7) is 24.4. The molecule has 1 aromatic carbocycles. The fraction of sp³-hybridized carbons (Fsp3) is 0.448. The standard InChI is InChI=1S/C21H26.C6H12.C2H6/c1-5-7-18(8-6-2)11-13-21(4)14-12-19-15-17(3)9-10-20(19)16-21;1-5-6(2,3)4;1-2/h5-10,12,14-15H,1,11,13,16H2,2-4H3;5H,1H2,2-4H3;1-2H3/b8-6-,18-7+;;. The lowest BCUT2D eigenvalue weighted by molar-refractivity contribution is 0.388. The molecule has 0 spiro atoms. The molecule has 29 heavy (non-hydrogen) atoms. The Hall–Kier alpha value is -2.08. The lowest BCUT2D eigenvalue weighted by Crippen LogP contribution is -2.20. The van der Waals surface area contributed by atoms with Crippen LogP contribution in [0, 0.1) is 17.8 Å². The Bertz CT molecular complexity index is 719. The van der Waals surface area contributed by atoms with E-state index < -0.39 is 0 Å². The van der Waals surface area contributed by atoms with Crippen LogP contribution in [0.25, 0.3) is 6.08 Å². The van der Waals surface area contributed by atoms with Gasteiger partial charge in [0, 0.05) is 0 Å². The fourth-order valence-electron chi connectivity index (χ4n) is 3.00. The van der Waals surface area contributed by atoms with E-state index in [1.165, 1.54) is 28.7 Å². The zero-order valence-electron chi connectivity index (χ0n) is 20.3. The smallest absolute Gasteiger partial charge is 0.00995 e. The molecule has 0 N–H and O–H groups in total. The van der Waals surface area contributed by atoms with Crippen molar-refractivity contribution in [2.45, 2.75) is 74.7 Å². The van der Waals surface area contributed by atoms with Crippen molar-refractivity contribution in [3.05, 3.63) is 90.1 Å². The molecule has 0 heteroatoms. The first-order valence-electron chi connectivity index (χ1n) is 11.0. The third kappa shape index (κ3) is 10.9. The summed E-state index contributed by atoms with van der Waals surface area (Å²) in [6.07, 6.45) is 18.3. The van der Waals surface area contributed by atoms with Crippen LogP contribution in [0.2, 0.25) is 0 Å². The molecule has 0 bridgehead atoms. The van der Waals surface area contributed by atoms with Crippen molar-refractivity contribution in [3.8, 4) is 0 Å². The first-order chi connectivity index (χ1) is 13.6. The molecule has 0 aromatic heterocycles. The van der Waals surface area contributed by atoms with Crippen LogP contribution in [0.4, 0.5) is 0 Å². The number of allylic oxidation sites excluding steroid dienone is 7. The van der Waals surface area contributed by atoms with E-state index in [0.717, 1.165) is 12.8 Å². The lowest BCUT2D eigenvalue weighted by Gasteiger charge is -2.31. The molecule has 1 aromatic rings. The maximum Gasteiger partial charge on any atom is -0.00995 e. The number of fused-ring (bicyclic) bond motifs is 1. The third-order valence-electron chi connectivity index (χ3n) is 4.87. The molecule has 160 valence electrons. The Kier molecular flexibility index (Phi) is 12.3. The van der Waals surface area contributed by atoms with Crippen molar-refractivity contribution in [3.63, 3.8) is 0 Å². The summed E-state index contributed by atoms with van der Waals surface area (Å²) in [5.74, 6) is 0. The monoisotopic (exact) mass is 392 g/mol. The summed E-state index contributed by atoms with van der Waals surface area (Å²) < 4.78 is 0. The average molecular weight is 393 g/mol. The molecule has 1 aliphatic rings. The van der Waals surface area contributed by atoms with Gasteiger partial charge in [-0.1, -0.05) is 114 Å². The van der Waals surface area contributed by atoms with Gasteiger partial charge in [-0.2, -0.15) is 0 Å². The van der Waals surface area contributed by atoms with E-state index in [2.05, 4.69) is 103 Å². The van der Waals surface area contributed by atoms with E-state index >= 15 is 0 Å². The molecule has 0 fully saturated rings. The van der Waals surface area contributed by atoms with E-state index in [-0.39, 0.29) is 5.41 Å². The van der Waals surface area contributed by atoms with Crippen molar-refractivity contribution in [1.82, 2.24) is 0 Å². The van der Waals surface area contributed by atoms with E-state index in [0.29, 0.717) is 5.41 Å². The second-order valence-corrected chi connectivity index (χ2v) is 8.91. The number of hydrogen-bond acceptors (Lipinski definition) is 0. The van der Waals surface area contributed by atoms with Gasteiger partial charge in [0.15, 0.2) is 0 Å². The molecular formula is C29H44. The van der Waals surface area contributed by atoms with Crippen molar-refractivity contribution < 1.29 is 0 Å². The Morgan fingerprint density at radius 1 is 1.17 bits per heavy atom. The molecule has 1 atom stereocenters. The summed E-state index contributed by atoms with van der Waals surface area (Å²) >= 11 is 0. The van der Waals surface area contributed by atoms with Crippen molar-refractivity contribution in [2.75, 3.05) is 0 Å². The molecule has 0 amide bonds. The Labute approximate surface area is 181 Å². The second kappa shape index (κ2) is 13.2. The van der Waals surface area contributed by atoms with Crippen LogP contribution in [0.5, 0.6) is 0 Å². The first-order valence-corrected chi connectivity index (χ1v) is 11.0. The number of rotatable bonds is 5. The predicted octanol–water partition coefficient (Wildman–Crippen LogP) is 9.28. The minimum Gasteiger partial charge on any atom is -0.103 e. The number of benzene rings is 1. The van der Waals surface area contributed by atoms with Gasteiger partial charge in [0.05, 0.1) is 0 Å². The third-order valence-corrected chi connectivity index (χ3v) is 4.87. The molecule has 2 rings (SSSR count). The maximum atomic E-state index is 3.81. The SMILES string of the molecule is C=C/C=C(\C=C/C)CCC1(C)C=Cc2cc(C)ccc2C1.C=CC(C)(C)C.CC. The molecule has 1 aliphatic carbocycles. The predicted molar refractivity (Wildman–Crippen MR) is 135 cm³/mol. The van der Waals surface area contributed by atoms with Gasteiger partial charge in [-0.15, -0.1) is 6.58 Å². The largest absolute Gasteiger partial charge is 0.103 e. The molecule has 0 saturated carbocycles. The van der Waals surface area contributed by atoms with Crippen LogP contribution in [0.1, 0.15) is 78.0 Å². The van der Waals surface area contributed by atoms with Gasteiger partial charge >= 0.3 is 0 Å². The highest BCUT2D eigenvalue weighted by Crippen LogP contribution is 2.37. The molecule has 0 radical (unpaired) electrons. The normalized spacial score (nSPS) is 18.1. The van der Waals surface area contributed by atoms with E-state index in [9.17, 15) is 0 Å². The molecule has 0 heterocycles. The molecule has 0 nitrogen and oxygen atoms in total.